The summed E-state index contributed by atoms with van der Waals surface area (Å²) in [6, 6.07) is 14.1. The van der Waals surface area contributed by atoms with Crippen molar-refractivity contribution in [3.63, 3.8) is 0 Å². The average Bonchev–Trinajstić information content (AvgIpc) is 3.78. The molecule has 6 rings (SSSR count). The highest BCUT2D eigenvalue weighted by atomic mass is 35.5. The first-order valence-corrected chi connectivity index (χ1v) is 15.8. The zero-order valence-corrected chi connectivity index (χ0v) is 25.7. The topological polar surface area (TPSA) is 125 Å². The van der Waals surface area contributed by atoms with Gasteiger partial charge in [-0.05, 0) is 93.3 Å². The molecule has 0 amide bonds. The Labute approximate surface area is 261 Å². The van der Waals surface area contributed by atoms with Crippen molar-refractivity contribution in [2.24, 2.45) is 5.73 Å². The van der Waals surface area contributed by atoms with Crippen LogP contribution in [0.15, 0.2) is 65.1 Å². The first-order chi connectivity index (χ1) is 21.2. The van der Waals surface area contributed by atoms with Crippen molar-refractivity contribution in [1.29, 1.82) is 5.41 Å². The molecule has 0 spiro atoms. The third-order valence-electron chi connectivity index (χ3n) is 8.72. The molecule has 1 aliphatic heterocycles. The van der Waals surface area contributed by atoms with E-state index in [4.69, 9.17) is 22.7 Å². The SMILES string of the molecule is CC(=N)NCC[C@@H]1CCC[C@@H](c2ccc(-n3cc4cc(-c5cc(CCC[C@@H](N)C6=CC6)cc(Cl)c5F)[nH]c4nc3=O)cc2)N1. The van der Waals surface area contributed by atoms with Crippen LogP contribution in [0.25, 0.3) is 28.0 Å². The van der Waals surface area contributed by atoms with Gasteiger partial charge in [0.1, 0.15) is 5.65 Å². The number of H-pyrrole nitrogens is 1. The van der Waals surface area contributed by atoms with Crippen LogP contribution in [0.1, 0.15) is 69.0 Å². The van der Waals surface area contributed by atoms with E-state index in [0.29, 0.717) is 39.9 Å². The fourth-order valence-electron chi connectivity index (χ4n) is 6.19. The van der Waals surface area contributed by atoms with Crippen molar-refractivity contribution in [2.45, 2.75) is 76.4 Å². The minimum atomic E-state index is -0.507. The molecule has 2 aliphatic rings. The number of amidine groups is 1. The van der Waals surface area contributed by atoms with Gasteiger partial charge in [0.05, 0.1) is 22.2 Å². The van der Waals surface area contributed by atoms with E-state index in [2.05, 4.69) is 38.8 Å². The largest absolute Gasteiger partial charge is 0.374 e. The summed E-state index contributed by atoms with van der Waals surface area (Å²) in [5.74, 6) is -0.0149. The van der Waals surface area contributed by atoms with Gasteiger partial charge in [0.25, 0.3) is 0 Å². The minimum Gasteiger partial charge on any atom is -0.374 e. The van der Waals surface area contributed by atoms with Gasteiger partial charge in [-0.25, -0.2) is 9.18 Å². The Bertz CT molecular complexity index is 1760. The Morgan fingerprint density at radius 3 is 2.80 bits per heavy atom. The van der Waals surface area contributed by atoms with Crippen molar-refractivity contribution < 1.29 is 4.39 Å². The highest BCUT2D eigenvalue weighted by Gasteiger charge is 2.22. The van der Waals surface area contributed by atoms with Crippen LogP contribution < -0.4 is 22.1 Å². The van der Waals surface area contributed by atoms with Crippen molar-refractivity contribution >= 4 is 28.5 Å². The van der Waals surface area contributed by atoms with Gasteiger partial charge in [0.15, 0.2) is 5.82 Å². The van der Waals surface area contributed by atoms with E-state index in [1.165, 1.54) is 15.7 Å². The summed E-state index contributed by atoms with van der Waals surface area (Å²) >= 11 is 6.30. The molecule has 230 valence electrons. The van der Waals surface area contributed by atoms with E-state index in [9.17, 15) is 4.79 Å². The molecular weight excluding hydrogens is 577 g/mol. The lowest BCUT2D eigenvalue weighted by Crippen LogP contribution is -2.39. The Kier molecular flexibility index (Phi) is 8.98. The zero-order chi connectivity index (χ0) is 30.8. The van der Waals surface area contributed by atoms with Crippen LogP contribution in [0.2, 0.25) is 5.02 Å². The number of hydrogen-bond donors (Lipinski definition) is 5. The fourth-order valence-corrected chi connectivity index (χ4v) is 6.44. The summed E-state index contributed by atoms with van der Waals surface area (Å²) in [4.78, 5) is 20.4. The van der Waals surface area contributed by atoms with Crippen molar-refractivity contribution in [2.75, 3.05) is 6.54 Å². The number of aromatic nitrogens is 3. The number of nitrogens with one attached hydrogen (secondary N) is 4. The second kappa shape index (κ2) is 13.1. The molecule has 4 aromatic rings. The zero-order valence-electron chi connectivity index (χ0n) is 24.9. The fraction of sp³-hybridized carbons (Fsp3) is 0.382. The molecule has 0 saturated carbocycles. The maximum atomic E-state index is 15.2. The summed E-state index contributed by atoms with van der Waals surface area (Å²) in [6.45, 7) is 2.55. The van der Waals surface area contributed by atoms with Gasteiger partial charge >= 0.3 is 5.69 Å². The highest BCUT2D eigenvalue weighted by Crippen LogP contribution is 2.32. The molecule has 10 heteroatoms. The van der Waals surface area contributed by atoms with Gasteiger partial charge in [-0.1, -0.05) is 41.8 Å². The molecule has 0 radical (unpaired) electrons. The first kappa shape index (κ1) is 30.2. The number of halogens is 2. The predicted molar refractivity (Wildman–Crippen MR) is 175 cm³/mol. The molecule has 6 N–H and O–H groups in total. The van der Waals surface area contributed by atoms with E-state index in [-0.39, 0.29) is 17.1 Å². The Balaban J connectivity index is 1.18. The molecule has 44 heavy (non-hydrogen) atoms. The van der Waals surface area contributed by atoms with Crippen LogP contribution in [0.4, 0.5) is 4.39 Å². The van der Waals surface area contributed by atoms with Crippen LogP contribution >= 0.6 is 11.6 Å². The van der Waals surface area contributed by atoms with Crippen molar-refractivity contribution in [3.05, 3.63) is 92.8 Å². The van der Waals surface area contributed by atoms with E-state index < -0.39 is 11.5 Å². The lowest BCUT2D eigenvalue weighted by Gasteiger charge is -2.31. The molecule has 3 atom stereocenters. The Hall–Kier alpha value is -3.79. The summed E-state index contributed by atoms with van der Waals surface area (Å²) in [5.41, 5.74) is 11.2. The number of rotatable bonds is 11. The van der Waals surface area contributed by atoms with Crippen LogP contribution in [-0.2, 0) is 6.42 Å². The van der Waals surface area contributed by atoms with Gasteiger partial charge in [0, 0.05) is 41.8 Å². The van der Waals surface area contributed by atoms with Gasteiger partial charge in [0.2, 0.25) is 0 Å². The maximum Gasteiger partial charge on any atom is 0.354 e. The monoisotopic (exact) mass is 615 g/mol. The third kappa shape index (κ3) is 6.96. The van der Waals surface area contributed by atoms with E-state index in [0.717, 1.165) is 63.5 Å². The molecule has 8 nitrogen and oxygen atoms in total. The molecule has 1 fully saturated rings. The Morgan fingerprint density at radius 1 is 1.25 bits per heavy atom. The predicted octanol–water partition coefficient (Wildman–Crippen LogP) is 6.31. The summed E-state index contributed by atoms with van der Waals surface area (Å²) in [7, 11) is 0. The van der Waals surface area contributed by atoms with Crippen LogP contribution in [0.3, 0.4) is 0 Å². The van der Waals surface area contributed by atoms with Crippen LogP contribution in [0, 0.1) is 11.2 Å². The standard InChI is InChI=1S/C34H39ClFN7O/c1-20(37)39-15-14-25-5-3-7-30(40-25)23-10-12-26(13-11-23)43-19-24-18-31(41-33(24)42-34(43)44)27-16-21(17-28(35)32(27)36)4-2-6-29(38)22-8-9-22/h8,10-13,16-19,25,29-30,40H,2-7,9,14-15,38H2,1H3,(H2,37,39)(H,41,42,44)/t25-,29+,30-/m0/s1. The average molecular weight is 616 g/mol. The van der Waals surface area contributed by atoms with Gasteiger partial charge in [-0.2, -0.15) is 4.98 Å². The van der Waals surface area contributed by atoms with Gasteiger partial charge < -0.3 is 21.4 Å². The second-order valence-electron chi connectivity index (χ2n) is 12.1. The normalized spacial score (nSPS) is 18.7. The number of aromatic amines is 1. The minimum absolute atomic E-state index is 0.0647. The van der Waals surface area contributed by atoms with E-state index >= 15 is 4.39 Å². The molecule has 2 aromatic heterocycles. The molecule has 3 heterocycles. The molecule has 0 bridgehead atoms. The molecule has 1 saturated heterocycles. The molecule has 0 unspecified atom stereocenters. The lowest BCUT2D eigenvalue weighted by atomic mass is 9.92. The van der Waals surface area contributed by atoms with Gasteiger partial charge in [-0.3, -0.25) is 9.98 Å². The third-order valence-corrected chi connectivity index (χ3v) is 9.00. The summed E-state index contributed by atoms with van der Waals surface area (Å²) < 4.78 is 16.7. The molecule has 1 aliphatic carbocycles. The molecule has 2 aromatic carbocycles. The quantitative estimate of drug-likeness (QED) is 0.0768. The van der Waals surface area contributed by atoms with Gasteiger partial charge in [-0.15, -0.1) is 0 Å². The van der Waals surface area contributed by atoms with Crippen molar-refractivity contribution in [3.8, 4) is 16.9 Å². The summed E-state index contributed by atoms with van der Waals surface area (Å²) in [5, 5.41) is 15.2. The number of nitrogens with zero attached hydrogens (tertiary/aromatic N) is 2. The number of fused-ring (bicyclic) bond motifs is 1. The lowest BCUT2D eigenvalue weighted by molar-refractivity contribution is 0.312. The number of nitrogens with two attached hydrogens (primary N) is 1. The number of benzene rings is 2. The van der Waals surface area contributed by atoms with E-state index in [1.54, 1.807) is 19.2 Å². The summed E-state index contributed by atoms with van der Waals surface area (Å²) in [6.07, 6.45) is 11.7. The number of aryl methyl sites for hydroxylation is 1. The number of allylic oxidation sites excluding steroid dienone is 1. The first-order valence-electron chi connectivity index (χ1n) is 15.5. The van der Waals surface area contributed by atoms with E-state index in [1.807, 2.05) is 24.3 Å². The number of hydrogen-bond acceptors (Lipinski definition) is 5. The van der Waals surface area contributed by atoms with Crippen LogP contribution in [0.5, 0.6) is 0 Å². The van der Waals surface area contributed by atoms with Crippen molar-refractivity contribution in [1.82, 2.24) is 25.2 Å². The number of piperidine rings is 1. The molecular formula is C34H39ClFN7O. The highest BCUT2D eigenvalue weighted by molar-refractivity contribution is 6.31. The maximum absolute atomic E-state index is 15.2. The Morgan fingerprint density at radius 2 is 2.05 bits per heavy atom. The smallest absolute Gasteiger partial charge is 0.354 e. The van der Waals surface area contributed by atoms with Crippen LogP contribution in [-0.4, -0.2) is 39.0 Å². The second-order valence-corrected chi connectivity index (χ2v) is 12.5.